The minimum Gasteiger partial charge on any atom is -0.495 e. The summed E-state index contributed by atoms with van der Waals surface area (Å²) in [5.41, 5.74) is 0.254. The lowest BCUT2D eigenvalue weighted by Gasteiger charge is -2.33. The molecule has 1 amide bonds. The Kier molecular flexibility index (Phi) is 4.25. The largest absolute Gasteiger partial charge is 0.495 e. The van der Waals surface area contributed by atoms with Crippen LogP contribution in [-0.2, 0) is 9.05 Å². The Morgan fingerprint density at radius 2 is 2.05 bits per heavy atom. The number of halogens is 1. The normalized spacial score (nSPS) is 21.9. The van der Waals surface area contributed by atoms with Crippen LogP contribution >= 0.6 is 10.7 Å². The van der Waals surface area contributed by atoms with Gasteiger partial charge in [0.25, 0.3) is 15.0 Å². The number of benzene rings is 1. The zero-order valence-electron chi connectivity index (χ0n) is 11.2. The Labute approximate surface area is 122 Å². The van der Waals surface area contributed by atoms with Crippen LogP contribution in [0, 0.1) is 5.92 Å². The van der Waals surface area contributed by atoms with E-state index in [4.69, 9.17) is 15.4 Å². The molecule has 1 aliphatic carbocycles. The molecule has 0 radical (unpaired) electrons. The van der Waals surface area contributed by atoms with E-state index in [1.807, 2.05) is 0 Å². The van der Waals surface area contributed by atoms with Crippen LogP contribution in [0.15, 0.2) is 23.1 Å². The molecule has 1 N–H and O–H groups in total. The quantitative estimate of drug-likeness (QED) is 0.864. The number of nitrogens with one attached hydrogen (secondary N) is 1. The fourth-order valence-corrected chi connectivity index (χ4v) is 3.32. The maximum Gasteiger partial charge on any atom is 0.265 e. The summed E-state index contributed by atoms with van der Waals surface area (Å²) in [6.45, 7) is 2.12. The molecule has 5 nitrogen and oxygen atoms in total. The lowest BCUT2D eigenvalue weighted by Crippen LogP contribution is -2.43. The highest BCUT2D eigenvalue weighted by molar-refractivity contribution is 8.13. The highest BCUT2D eigenvalue weighted by atomic mass is 35.7. The van der Waals surface area contributed by atoms with E-state index in [9.17, 15) is 13.2 Å². The molecule has 1 aromatic carbocycles. The number of methoxy groups -OCH3 is 1. The predicted octanol–water partition coefficient (Wildman–Crippen LogP) is 2.15. The number of amides is 1. The molecule has 0 aliphatic heterocycles. The van der Waals surface area contributed by atoms with E-state index in [2.05, 4.69) is 12.2 Å². The third kappa shape index (κ3) is 3.24. The highest BCUT2D eigenvalue weighted by Crippen LogP contribution is 2.29. The van der Waals surface area contributed by atoms with Crippen LogP contribution in [0.4, 0.5) is 0 Å². The van der Waals surface area contributed by atoms with Gasteiger partial charge in [-0.1, -0.05) is 6.92 Å². The molecule has 110 valence electrons. The van der Waals surface area contributed by atoms with Crippen molar-refractivity contribution in [3.63, 3.8) is 0 Å². The van der Waals surface area contributed by atoms with Crippen LogP contribution < -0.4 is 10.1 Å². The van der Waals surface area contributed by atoms with E-state index in [1.54, 1.807) is 0 Å². The summed E-state index contributed by atoms with van der Waals surface area (Å²) in [6, 6.07) is 4.34. The van der Waals surface area contributed by atoms with E-state index >= 15 is 0 Å². The van der Waals surface area contributed by atoms with Crippen molar-refractivity contribution in [2.24, 2.45) is 5.92 Å². The average Bonchev–Trinajstić information content (AvgIpc) is 2.35. The fourth-order valence-electron chi connectivity index (χ4n) is 2.30. The Morgan fingerprint density at radius 1 is 1.40 bits per heavy atom. The maximum atomic E-state index is 12.0. The summed E-state index contributed by atoms with van der Waals surface area (Å²) in [4.78, 5) is 11.8. The molecule has 20 heavy (non-hydrogen) atoms. The molecule has 0 atom stereocenters. The lowest BCUT2D eigenvalue weighted by molar-refractivity contribution is 0.0896. The molecular formula is C13H16ClNO4S. The molecule has 1 fully saturated rings. The Bertz CT molecular complexity index is 623. The van der Waals surface area contributed by atoms with Gasteiger partial charge in [0.05, 0.1) is 7.11 Å². The summed E-state index contributed by atoms with van der Waals surface area (Å²) in [7, 11) is 2.72. The number of hydrogen-bond donors (Lipinski definition) is 1. The third-order valence-corrected chi connectivity index (χ3v) is 4.74. The van der Waals surface area contributed by atoms with Gasteiger partial charge in [-0.25, -0.2) is 8.42 Å². The van der Waals surface area contributed by atoms with E-state index in [0.29, 0.717) is 5.92 Å². The molecule has 1 aliphatic rings. The summed E-state index contributed by atoms with van der Waals surface area (Å²) in [6.07, 6.45) is 1.89. The van der Waals surface area contributed by atoms with E-state index in [0.717, 1.165) is 12.8 Å². The molecule has 0 unspecified atom stereocenters. The molecule has 2 rings (SSSR count). The van der Waals surface area contributed by atoms with E-state index in [1.165, 1.54) is 25.3 Å². The molecule has 1 aromatic rings. The summed E-state index contributed by atoms with van der Waals surface area (Å²) >= 11 is 0. The van der Waals surface area contributed by atoms with Gasteiger partial charge in [-0.15, -0.1) is 0 Å². The van der Waals surface area contributed by atoms with Gasteiger partial charge in [0.2, 0.25) is 0 Å². The number of carbonyl (C=O) groups is 1. The zero-order chi connectivity index (χ0) is 14.9. The molecule has 0 saturated heterocycles. The van der Waals surface area contributed by atoms with E-state index in [-0.39, 0.29) is 28.2 Å². The SMILES string of the molecule is COc1ccc(C(=O)NC2CC(C)C2)cc1S(=O)(=O)Cl. The fraction of sp³-hybridized carbons (Fsp3) is 0.462. The summed E-state index contributed by atoms with van der Waals surface area (Å²) in [5.74, 6) is 0.440. The van der Waals surface area contributed by atoms with Crippen LogP contribution in [0.1, 0.15) is 30.1 Å². The van der Waals surface area contributed by atoms with Gasteiger partial charge in [0.1, 0.15) is 10.6 Å². The smallest absolute Gasteiger partial charge is 0.265 e. The number of ether oxygens (including phenoxy) is 1. The second kappa shape index (κ2) is 5.61. The summed E-state index contributed by atoms with van der Waals surface area (Å²) in [5, 5.41) is 2.86. The Morgan fingerprint density at radius 3 is 2.55 bits per heavy atom. The van der Waals surface area contributed by atoms with Crippen LogP contribution in [0.25, 0.3) is 0 Å². The van der Waals surface area contributed by atoms with Gasteiger partial charge in [0, 0.05) is 22.3 Å². The van der Waals surface area contributed by atoms with Crippen molar-refractivity contribution in [2.75, 3.05) is 7.11 Å². The minimum atomic E-state index is -3.96. The van der Waals surface area contributed by atoms with Crippen molar-refractivity contribution >= 4 is 25.6 Å². The minimum absolute atomic E-state index is 0.119. The Balaban J connectivity index is 2.22. The monoisotopic (exact) mass is 317 g/mol. The predicted molar refractivity (Wildman–Crippen MR) is 75.7 cm³/mol. The second-order valence-electron chi connectivity index (χ2n) is 5.05. The van der Waals surface area contributed by atoms with Crippen LogP contribution in [0.2, 0.25) is 0 Å². The molecular weight excluding hydrogens is 302 g/mol. The van der Waals surface area contributed by atoms with Gasteiger partial charge in [-0.3, -0.25) is 4.79 Å². The van der Waals surface area contributed by atoms with E-state index < -0.39 is 9.05 Å². The van der Waals surface area contributed by atoms with Crippen molar-refractivity contribution in [1.29, 1.82) is 0 Å². The zero-order valence-corrected chi connectivity index (χ0v) is 12.8. The highest BCUT2D eigenvalue weighted by Gasteiger charge is 2.27. The van der Waals surface area contributed by atoms with Crippen molar-refractivity contribution < 1.29 is 17.9 Å². The van der Waals surface area contributed by atoms with Crippen molar-refractivity contribution in [2.45, 2.75) is 30.7 Å². The van der Waals surface area contributed by atoms with Crippen molar-refractivity contribution in [3.05, 3.63) is 23.8 Å². The number of carbonyl (C=O) groups excluding carboxylic acids is 1. The third-order valence-electron chi connectivity index (χ3n) is 3.40. The second-order valence-corrected chi connectivity index (χ2v) is 7.58. The summed E-state index contributed by atoms with van der Waals surface area (Å²) < 4.78 is 27.9. The van der Waals surface area contributed by atoms with Gasteiger partial charge in [0.15, 0.2) is 0 Å². The van der Waals surface area contributed by atoms with Crippen molar-refractivity contribution in [3.8, 4) is 5.75 Å². The van der Waals surface area contributed by atoms with Crippen LogP contribution in [0.5, 0.6) is 5.75 Å². The molecule has 1 saturated carbocycles. The first kappa shape index (κ1) is 15.1. The first-order valence-corrected chi connectivity index (χ1v) is 8.55. The first-order valence-electron chi connectivity index (χ1n) is 6.25. The van der Waals surface area contributed by atoms with Gasteiger partial charge >= 0.3 is 0 Å². The van der Waals surface area contributed by atoms with Crippen molar-refractivity contribution in [1.82, 2.24) is 5.32 Å². The lowest BCUT2D eigenvalue weighted by atomic mass is 9.82. The van der Waals surface area contributed by atoms with Gasteiger partial charge in [-0.05, 0) is 37.0 Å². The van der Waals surface area contributed by atoms with Crippen LogP contribution in [-0.4, -0.2) is 27.5 Å². The maximum absolute atomic E-state index is 12.0. The molecule has 7 heteroatoms. The molecule has 0 spiro atoms. The Hall–Kier alpha value is -1.27. The first-order chi connectivity index (χ1) is 9.31. The number of hydrogen-bond acceptors (Lipinski definition) is 4. The molecule has 0 bridgehead atoms. The average molecular weight is 318 g/mol. The molecule has 0 aromatic heterocycles. The standard InChI is InChI=1S/C13H16ClNO4S/c1-8-5-10(6-8)15-13(16)9-3-4-11(19-2)12(7-9)20(14,17)18/h3-4,7-8,10H,5-6H2,1-2H3,(H,15,16). The van der Waals surface area contributed by atoms with Gasteiger partial charge < -0.3 is 10.1 Å². The molecule has 0 heterocycles. The number of rotatable bonds is 4. The van der Waals surface area contributed by atoms with Crippen LogP contribution in [0.3, 0.4) is 0 Å². The topological polar surface area (TPSA) is 72.5 Å². The van der Waals surface area contributed by atoms with Gasteiger partial charge in [-0.2, -0.15) is 0 Å².